The Kier molecular flexibility index (Phi) is 6.41. The normalized spacial score (nSPS) is 11.3. The summed E-state index contributed by atoms with van der Waals surface area (Å²) in [6, 6.07) is 3.87. The van der Waals surface area contributed by atoms with Crippen LogP contribution in [0.1, 0.15) is 17.3 Å². The van der Waals surface area contributed by atoms with E-state index in [2.05, 4.69) is 14.8 Å². The highest BCUT2D eigenvalue weighted by atomic mass is 35.5. The van der Waals surface area contributed by atoms with Crippen molar-refractivity contribution in [2.45, 2.75) is 11.8 Å². The number of likely N-dealkylation sites (N-methyl/N-ethyl adjacent to an activating group) is 1. The third kappa shape index (κ3) is 4.45. The number of ether oxygens (including phenoxy) is 1. The average Bonchev–Trinajstić information content (AvgIpc) is 2.42. The standard InChI is InChI=1S/C12H17ClN2O4S/c1-3-14-6-7-15-20(17,18)9-4-5-10(11(13)8-9)12(16)19-2/h4-5,8,14-15H,3,6-7H2,1-2H3. The van der Waals surface area contributed by atoms with Crippen molar-refractivity contribution >= 4 is 27.6 Å². The topological polar surface area (TPSA) is 84.5 Å². The zero-order valence-corrected chi connectivity index (χ0v) is 12.8. The number of hydrogen-bond acceptors (Lipinski definition) is 5. The van der Waals surface area contributed by atoms with E-state index in [1.54, 1.807) is 0 Å². The number of rotatable bonds is 7. The van der Waals surface area contributed by atoms with Gasteiger partial charge in [0.2, 0.25) is 10.0 Å². The minimum atomic E-state index is -3.64. The summed E-state index contributed by atoms with van der Waals surface area (Å²) in [5.41, 5.74) is 0.126. The lowest BCUT2D eigenvalue weighted by Crippen LogP contribution is -2.31. The van der Waals surface area contributed by atoms with Crippen LogP contribution in [0.3, 0.4) is 0 Å². The Morgan fingerprint density at radius 1 is 1.35 bits per heavy atom. The molecule has 1 aromatic carbocycles. The SMILES string of the molecule is CCNCCNS(=O)(=O)c1ccc(C(=O)OC)c(Cl)c1. The van der Waals surface area contributed by atoms with Crippen molar-refractivity contribution in [3.63, 3.8) is 0 Å². The quantitative estimate of drug-likeness (QED) is 0.578. The van der Waals surface area contributed by atoms with Crippen molar-refractivity contribution in [1.29, 1.82) is 0 Å². The number of benzene rings is 1. The molecule has 0 aromatic heterocycles. The molecule has 0 bridgehead atoms. The van der Waals surface area contributed by atoms with Gasteiger partial charge in [0.1, 0.15) is 0 Å². The molecule has 8 heteroatoms. The van der Waals surface area contributed by atoms with Crippen molar-refractivity contribution in [3.8, 4) is 0 Å². The van der Waals surface area contributed by atoms with Crippen LogP contribution in [0.2, 0.25) is 5.02 Å². The lowest BCUT2D eigenvalue weighted by atomic mass is 10.2. The first-order valence-corrected chi connectivity index (χ1v) is 7.86. The highest BCUT2D eigenvalue weighted by Gasteiger charge is 2.17. The van der Waals surface area contributed by atoms with Crippen molar-refractivity contribution in [2.24, 2.45) is 0 Å². The molecule has 112 valence electrons. The van der Waals surface area contributed by atoms with Gasteiger partial charge < -0.3 is 10.1 Å². The van der Waals surface area contributed by atoms with Gasteiger partial charge in [-0.3, -0.25) is 0 Å². The lowest BCUT2D eigenvalue weighted by Gasteiger charge is -2.09. The summed E-state index contributed by atoms with van der Waals surface area (Å²) in [5.74, 6) is -0.612. The molecule has 0 aliphatic heterocycles. The maximum Gasteiger partial charge on any atom is 0.339 e. The van der Waals surface area contributed by atoms with Crippen LogP contribution < -0.4 is 10.0 Å². The zero-order valence-electron chi connectivity index (χ0n) is 11.3. The van der Waals surface area contributed by atoms with E-state index in [0.717, 1.165) is 6.54 Å². The van der Waals surface area contributed by atoms with E-state index in [0.29, 0.717) is 6.54 Å². The molecule has 0 atom stereocenters. The Labute approximate surface area is 123 Å². The van der Waals surface area contributed by atoms with Gasteiger partial charge in [-0.25, -0.2) is 17.9 Å². The van der Waals surface area contributed by atoms with Gasteiger partial charge in [0, 0.05) is 13.1 Å². The fourth-order valence-electron chi connectivity index (χ4n) is 1.47. The summed E-state index contributed by atoms with van der Waals surface area (Å²) in [5, 5.41) is 3.03. The molecule has 0 saturated heterocycles. The Bertz CT molecular complexity index is 575. The Morgan fingerprint density at radius 3 is 2.60 bits per heavy atom. The molecular weight excluding hydrogens is 304 g/mol. The Hall–Kier alpha value is -1.15. The molecule has 0 saturated carbocycles. The summed E-state index contributed by atoms with van der Waals surface area (Å²) < 4.78 is 30.9. The third-order valence-corrected chi connectivity index (χ3v) is 4.27. The van der Waals surface area contributed by atoms with Gasteiger partial charge in [0.15, 0.2) is 0 Å². The van der Waals surface area contributed by atoms with Gasteiger partial charge in [-0.2, -0.15) is 0 Å². The van der Waals surface area contributed by atoms with E-state index in [9.17, 15) is 13.2 Å². The lowest BCUT2D eigenvalue weighted by molar-refractivity contribution is 0.0601. The van der Waals surface area contributed by atoms with Crippen LogP contribution in [0.25, 0.3) is 0 Å². The number of carbonyl (C=O) groups excluding carboxylic acids is 1. The van der Waals surface area contributed by atoms with Crippen molar-refractivity contribution in [3.05, 3.63) is 28.8 Å². The van der Waals surface area contributed by atoms with Gasteiger partial charge in [-0.1, -0.05) is 18.5 Å². The predicted molar refractivity (Wildman–Crippen MR) is 76.5 cm³/mol. The molecule has 6 nitrogen and oxygen atoms in total. The molecular formula is C12H17ClN2O4S. The molecule has 0 amide bonds. The van der Waals surface area contributed by atoms with Gasteiger partial charge in [-0.05, 0) is 24.7 Å². The molecule has 0 spiro atoms. The molecule has 0 unspecified atom stereocenters. The molecule has 0 radical (unpaired) electrons. The second-order valence-corrected chi connectivity index (χ2v) is 6.06. The number of methoxy groups -OCH3 is 1. The van der Waals surface area contributed by atoms with Crippen LogP contribution in [0.5, 0.6) is 0 Å². The van der Waals surface area contributed by atoms with Gasteiger partial charge in [0.05, 0.1) is 22.6 Å². The number of carbonyl (C=O) groups is 1. The predicted octanol–water partition coefficient (Wildman–Crippen LogP) is 1.01. The molecule has 1 aromatic rings. The smallest absolute Gasteiger partial charge is 0.339 e. The molecule has 2 N–H and O–H groups in total. The first-order valence-electron chi connectivity index (χ1n) is 6.00. The summed E-state index contributed by atoms with van der Waals surface area (Å²) in [6.07, 6.45) is 0. The van der Waals surface area contributed by atoms with Gasteiger partial charge in [0.25, 0.3) is 0 Å². The van der Waals surface area contributed by atoms with Crippen molar-refractivity contribution < 1.29 is 17.9 Å². The van der Waals surface area contributed by atoms with Gasteiger partial charge >= 0.3 is 5.97 Å². The number of halogens is 1. The molecule has 0 aliphatic carbocycles. The maximum absolute atomic E-state index is 12.0. The van der Waals surface area contributed by atoms with E-state index < -0.39 is 16.0 Å². The summed E-state index contributed by atoms with van der Waals surface area (Å²) in [4.78, 5) is 11.4. The van der Waals surface area contributed by atoms with Crippen LogP contribution in [0.4, 0.5) is 0 Å². The monoisotopic (exact) mass is 320 g/mol. The van der Waals surface area contributed by atoms with Crippen LogP contribution in [-0.2, 0) is 14.8 Å². The van der Waals surface area contributed by atoms with E-state index >= 15 is 0 Å². The minimum absolute atomic E-state index is 0.00616. The average molecular weight is 321 g/mol. The summed E-state index contributed by atoms with van der Waals surface area (Å²) >= 11 is 5.89. The molecule has 0 fully saturated rings. The highest BCUT2D eigenvalue weighted by molar-refractivity contribution is 7.89. The van der Waals surface area contributed by atoms with Crippen LogP contribution >= 0.6 is 11.6 Å². The summed E-state index contributed by atoms with van der Waals surface area (Å²) in [6.45, 7) is 3.50. The second kappa shape index (κ2) is 7.58. The van der Waals surface area contributed by atoms with Crippen LogP contribution in [0.15, 0.2) is 23.1 Å². The second-order valence-electron chi connectivity index (χ2n) is 3.88. The summed E-state index contributed by atoms with van der Waals surface area (Å²) in [7, 11) is -2.41. The largest absolute Gasteiger partial charge is 0.465 e. The van der Waals surface area contributed by atoms with E-state index in [4.69, 9.17) is 11.6 Å². The van der Waals surface area contributed by atoms with Crippen molar-refractivity contribution in [2.75, 3.05) is 26.7 Å². The van der Waals surface area contributed by atoms with Crippen LogP contribution in [0, 0.1) is 0 Å². The molecule has 1 rings (SSSR count). The molecule has 20 heavy (non-hydrogen) atoms. The first-order chi connectivity index (χ1) is 9.42. The number of esters is 1. The first kappa shape index (κ1) is 16.9. The van der Waals surface area contributed by atoms with E-state index in [-0.39, 0.29) is 22.0 Å². The zero-order chi connectivity index (χ0) is 15.2. The van der Waals surface area contributed by atoms with E-state index in [1.807, 2.05) is 6.92 Å². The highest BCUT2D eigenvalue weighted by Crippen LogP contribution is 2.21. The minimum Gasteiger partial charge on any atom is -0.465 e. The van der Waals surface area contributed by atoms with Gasteiger partial charge in [-0.15, -0.1) is 0 Å². The third-order valence-electron chi connectivity index (χ3n) is 2.50. The Morgan fingerprint density at radius 2 is 2.05 bits per heavy atom. The van der Waals surface area contributed by atoms with Crippen molar-refractivity contribution in [1.82, 2.24) is 10.0 Å². The molecule has 0 aliphatic rings. The number of nitrogens with one attached hydrogen (secondary N) is 2. The van der Waals surface area contributed by atoms with Crippen LogP contribution in [-0.4, -0.2) is 41.1 Å². The number of sulfonamides is 1. The molecule has 0 heterocycles. The fraction of sp³-hybridized carbons (Fsp3) is 0.417. The fourth-order valence-corrected chi connectivity index (χ4v) is 2.85. The number of hydrogen-bond donors (Lipinski definition) is 2. The van der Waals surface area contributed by atoms with E-state index in [1.165, 1.54) is 25.3 Å². The Balaban J connectivity index is 2.86. The maximum atomic E-state index is 12.0.